The van der Waals surface area contributed by atoms with E-state index in [1.165, 1.54) is 0 Å². The van der Waals surface area contributed by atoms with Crippen LogP contribution in [0.25, 0.3) is 33.1 Å². The van der Waals surface area contributed by atoms with Crippen molar-refractivity contribution in [2.24, 2.45) is 0 Å². The van der Waals surface area contributed by atoms with Crippen molar-refractivity contribution in [3.8, 4) is 11.1 Å². The third-order valence-corrected chi connectivity index (χ3v) is 5.48. The minimum absolute atomic E-state index is 0.700. The lowest BCUT2D eigenvalue weighted by Gasteiger charge is -2.09. The van der Waals surface area contributed by atoms with Crippen molar-refractivity contribution in [1.29, 1.82) is 0 Å². The van der Waals surface area contributed by atoms with Crippen LogP contribution in [0, 0.1) is 0 Å². The Kier molecular flexibility index (Phi) is 3.52. The summed E-state index contributed by atoms with van der Waals surface area (Å²) >= 11 is 13.7. The van der Waals surface area contributed by atoms with Gasteiger partial charge in [-0.1, -0.05) is 57.9 Å². The fraction of sp³-hybridized carbons (Fsp3) is 0. The Morgan fingerprint density at radius 2 is 1.64 bits per heavy atom. The summed E-state index contributed by atoms with van der Waals surface area (Å²) in [5.74, 6) is 0. The summed E-state index contributed by atoms with van der Waals surface area (Å²) in [6, 6.07) is 18.0. The number of hydrogen-bond acceptors (Lipinski definition) is 1. The van der Waals surface area contributed by atoms with Crippen molar-refractivity contribution in [2.75, 3.05) is 0 Å². The van der Waals surface area contributed by atoms with E-state index in [9.17, 15) is 0 Å². The SMILES string of the molecule is Clc1cccc(Br)c1-c1ccc2c(oc3ccccc32)c1Br. The summed E-state index contributed by atoms with van der Waals surface area (Å²) in [7, 11) is 0. The molecule has 1 heterocycles. The Morgan fingerprint density at radius 3 is 2.45 bits per heavy atom. The number of para-hydroxylation sites is 1. The van der Waals surface area contributed by atoms with E-state index >= 15 is 0 Å². The third kappa shape index (κ3) is 2.11. The van der Waals surface area contributed by atoms with Gasteiger partial charge < -0.3 is 4.42 Å². The molecule has 0 amide bonds. The first-order valence-electron chi connectivity index (χ1n) is 6.71. The van der Waals surface area contributed by atoms with Crippen LogP contribution in [0.3, 0.4) is 0 Å². The van der Waals surface area contributed by atoms with Crippen LogP contribution in [0.15, 0.2) is 68.0 Å². The highest BCUT2D eigenvalue weighted by molar-refractivity contribution is 9.11. The Morgan fingerprint density at radius 1 is 0.818 bits per heavy atom. The maximum Gasteiger partial charge on any atom is 0.150 e. The van der Waals surface area contributed by atoms with Crippen molar-refractivity contribution in [3.63, 3.8) is 0 Å². The minimum atomic E-state index is 0.700. The van der Waals surface area contributed by atoms with Crippen LogP contribution in [0.4, 0.5) is 0 Å². The van der Waals surface area contributed by atoms with Gasteiger partial charge >= 0.3 is 0 Å². The second-order valence-electron chi connectivity index (χ2n) is 5.00. The van der Waals surface area contributed by atoms with Crippen molar-refractivity contribution in [1.82, 2.24) is 0 Å². The van der Waals surface area contributed by atoms with Gasteiger partial charge in [0.15, 0.2) is 0 Å². The molecule has 0 fully saturated rings. The molecular formula is C18H9Br2ClO. The van der Waals surface area contributed by atoms with E-state index in [0.717, 1.165) is 42.0 Å². The quantitative estimate of drug-likeness (QED) is 0.302. The lowest BCUT2D eigenvalue weighted by molar-refractivity contribution is 0.667. The van der Waals surface area contributed by atoms with Crippen molar-refractivity contribution < 1.29 is 4.42 Å². The van der Waals surface area contributed by atoms with E-state index in [1.54, 1.807) is 0 Å². The molecule has 0 radical (unpaired) electrons. The van der Waals surface area contributed by atoms with Gasteiger partial charge in [-0.05, 0) is 40.2 Å². The van der Waals surface area contributed by atoms with Gasteiger partial charge in [0.2, 0.25) is 0 Å². The molecule has 4 aromatic rings. The molecule has 0 saturated heterocycles. The molecular weight excluding hydrogens is 427 g/mol. The summed E-state index contributed by atoms with van der Waals surface area (Å²) in [6.07, 6.45) is 0. The summed E-state index contributed by atoms with van der Waals surface area (Å²) in [6.45, 7) is 0. The minimum Gasteiger partial charge on any atom is -0.455 e. The number of rotatable bonds is 1. The van der Waals surface area contributed by atoms with Gasteiger partial charge in [-0.3, -0.25) is 0 Å². The average molecular weight is 437 g/mol. The van der Waals surface area contributed by atoms with Crippen LogP contribution >= 0.6 is 43.5 Å². The molecule has 0 aliphatic heterocycles. The zero-order valence-electron chi connectivity index (χ0n) is 11.2. The number of fused-ring (bicyclic) bond motifs is 3. The fourth-order valence-electron chi connectivity index (χ4n) is 2.70. The van der Waals surface area contributed by atoms with E-state index in [1.807, 2.05) is 36.4 Å². The second kappa shape index (κ2) is 5.41. The first-order valence-corrected chi connectivity index (χ1v) is 8.67. The zero-order chi connectivity index (χ0) is 15.3. The molecule has 0 aliphatic rings. The van der Waals surface area contributed by atoms with E-state index in [0.29, 0.717) is 5.02 Å². The lowest BCUT2D eigenvalue weighted by atomic mass is 10.0. The standard InChI is InChI=1S/C18H9Br2ClO/c19-13-5-3-6-14(21)16(13)12-9-8-11-10-4-1-2-7-15(10)22-18(11)17(12)20/h1-9H. The predicted molar refractivity (Wildman–Crippen MR) is 99.6 cm³/mol. The van der Waals surface area contributed by atoms with Crippen LogP contribution in [0.5, 0.6) is 0 Å². The molecule has 0 spiro atoms. The van der Waals surface area contributed by atoms with E-state index in [2.05, 4.69) is 50.1 Å². The molecule has 0 atom stereocenters. The molecule has 1 aromatic heterocycles. The van der Waals surface area contributed by atoms with E-state index in [4.69, 9.17) is 16.0 Å². The van der Waals surface area contributed by atoms with Gasteiger partial charge in [0, 0.05) is 31.4 Å². The lowest BCUT2D eigenvalue weighted by Crippen LogP contribution is -1.84. The van der Waals surface area contributed by atoms with Crippen molar-refractivity contribution in [2.45, 2.75) is 0 Å². The smallest absolute Gasteiger partial charge is 0.150 e. The Labute approximate surface area is 149 Å². The number of halogens is 3. The van der Waals surface area contributed by atoms with Crippen molar-refractivity contribution in [3.05, 3.63) is 68.6 Å². The first-order chi connectivity index (χ1) is 10.7. The Hall–Kier alpha value is -1.29. The van der Waals surface area contributed by atoms with Crippen LogP contribution in [0.1, 0.15) is 0 Å². The molecule has 0 unspecified atom stereocenters. The molecule has 1 nitrogen and oxygen atoms in total. The average Bonchev–Trinajstić information content (AvgIpc) is 2.89. The van der Waals surface area contributed by atoms with Gasteiger partial charge in [0.25, 0.3) is 0 Å². The number of benzene rings is 3. The molecule has 0 N–H and O–H groups in total. The van der Waals surface area contributed by atoms with E-state index in [-0.39, 0.29) is 0 Å². The highest BCUT2D eigenvalue weighted by Crippen LogP contribution is 2.43. The molecule has 3 aromatic carbocycles. The molecule has 0 saturated carbocycles. The number of hydrogen-bond donors (Lipinski definition) is 0. The first kappa shape index (κ1) is 14.3. The van der Waals surface area contributed by atoms with Gasteiger partial charge in [0.05, 0.1) is 4.47 Å². The van der Waals surface area contributed by atoms with Gasteiger partial charge in [-0.15, -0.1) is 0 Å². The summed E-state index contributed by atoms with van der Waals surface area (Å²) < 4.78 is 7.89. The van der Waals surface area contributed by atoms with Crippen LogP contribution in [0.2, 0.25) is 5.02 Å². The zero-order valence-corrected chi connectivity index (χ0v) is 15.2. The fourth-order valence-corrected chi connectivity index (χ4v) is 4.30. The molecule has 4 heteroatoms. The van der Waals surface area contributed by atoms with E-state index < -0.39 is 0 Å². The maximum absolute atomic E-state index is 6.38. The molecule has 108 valence electrons. The third-order valence-electron chi connectivity index (χ3n) is 3.72. The normalized spacial score (nSPS) is 11.4. The second-order valence-corrected chi connectivity index (χ2v) is 7.05. The topological polar surface area (TPSA) is 13.1 Å². The highest BCUT2D eigenvalue weighted by atomic mass is 79.9. The largest absolute Gasteiger partial charge is 0.455 e. The monoisotopic (exact) mass is 434 g/mol. The van der Waals surface area contributed by atoms with Gasteiger partial charge in [-0.25, -0.2) is 0 Å². The van der Waals surface area contributed by atoms with Gasteiger partial charge in [-0.2, -0.15) is 0 Å². The Bertz CT molecular complexity index is 1000. The van der Waals surface area contributed by atoms with Crippen molar-refractivity contribution >= 4 is 65.4 Å². The van der Waals surface area contributed by atoms with Crippen LogP contribution < -0.4 is 0 Å². The number of furan rings is 1. The summed E-state index contributed by atoms with van der Waals surface area (Å²) in [4.78, 5) is 0. The molecule has 0 aliphatic carbocycles. The maximum atomic E-state index is 6.38. The predicted octanol–water partition coefficient (Wildman–Crippen LogP) is 7.43. The Balaban J connectivity index is 2.09. The molecule has 0 bridgehead atoms. The molecule has 4 rings (SSSR count). The van der Waals surface area contributed by atoms with Crippen LogP contribution in [-0.2, 0) is 0 Å². The summed E-state index contributed by atoms with van der Waals surface area (Å²) in [5.41, 5.74) is 3.68. The van der Waals surface area contributed by atoms with Crippen LogP contribution in [-0.4, -0.2) is 0 Å². The van der Waals surface area contributed by atoms with Gasteiger partial charge in [0.1, 0.15) is 11.2 Å². The molecule has 22 heavy (non-hydrogen) atoms. The highest BCUT2D eigenvalue weighted by Gasteiger charge is 2.17. The summed E-state index contributed by atoms with van der Waals surface area (Å²) in [5, 5.41) is 2.91.